The zero-order valence-corrected chi connectivity index (χ0v) is 15.6. The van der Waals surface area contributed by atoms with Crippen LogP contribution >= 0.6 is 0 Å². The molecule has 0 bridgehead atoms. The molecule has 0 unspecified atom stereocenters. The van der Waals surface area contributed by atoms with Gasteiger partial charge < -0.3 is 5.73 Å². The van der Waals surface area contributed by atoms with Crippen LogP contribution in [-0.2, 0) is 0 Å². The number of nitrogen functional groups attached to an aromatic ring is 1. The summed E-state index contributed by atoms with van der Waals surface area (Å²) in [6, 6.07) is 9.79. The number of rotatable bonds is 2. The molecule has 0 amide bonds. The number of aromatic nitrogens is 3. The molecule has 0 aliphatic carbocycles. The summed E-state index contributed by atoms with van der Waals surface area (Å²) in [6.45, 7) is 6.61. The number of nitrogens with zero attached hydrogens (tertiary/aromatic N) is 3. The Morgan fingerprint density at radius 2 is 1.60 bits per heavy atom. The van der Waals surface area contributed by atoms with Gasteiger partial charge in [0.25, 0.3) is 0 Å². The van der Waals surface area contributed by atoms with Crippen LogP contribution in [0, 0.1) is 11.5 Å². The second-order valence-electron chi connectivity index (χ2n) is 6.80. The van der Waals surface area contributed by atoms with Crippen molar-refractivity contribution in [2.75, 3.05) is 5.73 Å². The van der Waals surface area contributed by atoms with E-state index in [4.69, 9.17) is 5.73 Å². The van der Waals surface area contributed by atoms with Gasteiger partial charge in [-0.05, 0) is 24.3 Å². The average molecular weight is 344 g/mol. The van der Waals surface area contributed by atoms with E-state index >= 15 is 0 Å². The summed E-state index contributed by atoms with van der Waals surface area (Å²) in [5, 5.41) is 0. The normalized spacial score (nSPS) is 10.8. The molecule has 0 spiro atoms. The number of hydrogen-bond donors (Lipinski definition) is 1. The summed E-state index contributed by atoms with van der Waals surface area (Å²) in [4.78, 5) is 13.1. The highest BCUT2D eigenvalue weighted by molar-refractivity contribution is 6.83. The van der Waals surface area contributed by atoms with Gasteiger partial charge >= 0.3 is 0 Å². The first-order valence-corrected chi connectivity index (χ1v) is 11.6. The van der Waals surface area contributed by atoms with E-state index in [1.54, 1.807) is 18.6 Å². The van der Waals surface area contributed by atoms with Crippen LogP contribution in [0.1, 0.15) is 5.56 Å². The highest BCUT2D eigenvalue weighted by Crippen LogP contribution is 2.32. The smallest absolute Gasteiger partial charge is 0.139 e. The summed E-state index contributed by atoms with van der Waals surface area (Å²) in [5.41, 5.74) is 14.0. The van der Waals surface area contributed by atoms with E-state index in [0.717, 1.165) is 27.9 Å². The molecule has 0 atom stereocenters. The highest BCUT2D eigenvalue weighted by atomic mass is 28.3. The molecular weight excluding hydrogens is 324 g/mol. The first-order valence-electron chi connectivity index (χ1n) is 8.08. The molecule has 3 aromatic rings. The van der Waals surface area contributed by atoms with Crippen molar-refractivity contribution >= 4 is 13.9 Å². The molecule has 0 aliphatic heterocycles. The lowest BCUT2D eigenvalue weighted by Crippen LogP contribution is -2.16. The largest absolute Gasteiger partial charge is 0.383 e. The third kappa shape index (κ3) is 4.11. The molecular formula is C20H20N4Si. The second-order valence-corrected chi connectivity index (χ2v) is 11.6. The van der Waals surface area contributed by atoms with E-state index in [2.05, 4.69) is 46.1 Å². The van der Waals surface area contributed by atoms with Crippen LogP contribution in [0.15, 0.2) is 55.1 Å². The van der Waals surface area contributed by atoms with Gasteiger partial charge in [0.05, 0.1) is 11.3 Å². The molecule has 0 aromatic carbocycles. The molecule has 2 N–H and O–H groups in total. The van der Waals surface area contributed by atoms with Crippen molar-refractivity contribution in [2.24, 2.45) is 0 Å². The van der Waals surface area contributed by atoms with Gasteiger partial charge in [-0.25, -0.2) is 4.98 Å². The minimum Gasteiger partial charge on any atom is -0.383 e. The fraction of sp³-hybridized carbons (Fsp3) is 0.150. The summed E-state index contributed by atoms with van der Waals surface area (Å²) in [6.07, 6.45) is 7.10. The van der Waals surface area contributed by atoms with Gasteiger partial charge in [0.1, 0.15) is 13.9 Å². The molecule has 124 valence electrons. The molecule has 0 radical (unpaired) electrons. The summed E-state index contributed by atoms with van der Waals surface area (Å²) in [7, 11) is -1.50. The molecule has 3 rings (SSSR count). The standard InChI is InChI=1S/C20H20N4Si/c1-25(2,3)11-8-15-12-18(16-6-4-9-22-13-16)19(24-20(15)21)17-7-5-10-23-14-17/h4-7,9-10,12-14H,1-3H3,(H2,21,24). The van der Waals surface area contributed by atoms with Crippen LogP contribution in [0.5, 0.6) is 0 Å². The predicted octanol–water partition coefficient (Wildman–Crippen LogP) is 4.02. The maximum absolute atomic E-state index is 6.20. The summed E-state index contributed by atoms with van der Waals surface area (Å²) < 4.78 is 0. The Morgan fingerprint density at radius 3 is 2.16 bits per heavy atom. The van der Waals surface area contributed by atoms with Gasteiger partial charge in [-0.3, -0.25) is 9.97 Å². The van der Waals surface area contributed by atoms with Crippen molar-refractivity contribution in [1.82, 2.24) is 15.0 Å². The zero-order chi connectivity index (χ0) is 17.9. The Kier molecular flexibility index (Phi) is 4.64. The van der Waals surface area contributed by atoms with Crippen molar-refractivity contribution in [2.45, 2.75) is 19.6 Å². The van der Waals surface area contributed by atoms with E-state index in [0.29, 0.717) is 5.82 Å². The van der Waals surface area contributed by atoms with Crippen molar-refractivity contribution < 1.29 is 0 Å². The maximum Gasteiger partial charge on any atom is 0.139 e. The van der Waals surface area contributed by atoms with Crippen LogP contribution in [0.3, 0.4) is 0 Å². The molecule has 0 aliphatic rings. The summed E-state index contributed by atoms with van der Waals surface area (Å²) >= 11 is 0. The zero-order valence-electron chi connectivity index (χ0n) is 14.6. The minimum atomic E-state index is -1.50. The molecule has 0 fully saturated rings. The Hall–Kier alpha value is -2.97. The van der Waals surface area contributed by atoms with Crippen molar-refractivity contribution in [1.29, 1.82) is 0 Å². The van der Waals surface area contributed by atoms with E-state index < -0.39 is 8.07 Å². The van der Waals surface area contributed by atoms with E-state index in [-0.39, 0.29) is 0 Å². The first kappa shape index (κ1) is 16.9. The predicted molar refractivity (Wildman–Crippen MR) is 105 cm³/mol. The first-order chi connectivity index (χ1) is 11.9. The Balaban J connectivity index is 2.22. The number of hydrogen-bond acceptors (Lipinski definition) is 4. The van der Waals surface area contributed by atoms with Gasteiger partial charge in [0.15, 0.2) is 0 Å². The van der Waals surface area contributed by atoms with Gasteiger partial charge in [0.2, 0.25) is 0 Å². The Morgan fingerprint density at radius 1 is 0.960 bits per heavy atom. The molecule has 4 nitrogen and oxygen atoms in total. The van der Waals surface area contributed by atoms with Crippen LogP contribution in [0.2, 0.25) is 19.6 Å². The number of pyridine rings is 3. The molecule has 0 saturated carbocycles. The molecule has 5 heteroatoms. The summed E-state index contributed by atoms with van der Waals surface area (Å²) in [5.74, 6) is 3.67. The minimum absolute atomic E-state index is 0.442. The van der Waals surface area contributed by atoms with Gasteiger partial charge in [0, 0.05) is 41.5 Å². The lowest BCUT2D eigenvalue weighted by Gasteiger charge is -2.12. The number of nitrogens with two attached hydrogens (primary N) is 1. The van der Waals surface area contributed by atoms with E-state index in [1.165, 1.54) is 0 Å². The second kappa shape index (κ2) is 6.87. The average Bonchev–Trinajstić information content (AvgIpc) is 2.61. The van der Waals surface area contributed by atoms with Crippen molar-refractivity contribution in [3.8, 4) is 33.8 Å². The van der Waals surface area contributed by atoms with Gasteiger partial charge in [-0.2, -0.15) is 0 Å². The molecule has 3 aromatic heterocycles. The molecule has 3 heterocycles. The van der Waals surface area contributed by atoms with Gasteiger partial charge in [-0.1, -0.05) is 31.6 Å². The fourth-order valence-electron chi connectivity index (χ4n) is 2.35. The van der Waals surface area contributed by atoms with Gasteiger partial charge in [-0.15, -0.1) is 5.54 Å². The Labute approximate surface area is 149 Å². The van der Waals surface area contributed by atoms with E-state index in [1.807, 2.05) is 36.5 Å². The third-order valence-electron chi connectivity index (χ3n) is 3.53. The Bertz CT molecular complexity index is 936. The number of anilines is 1. The van der Waals surface area contributed by atoms with Crippen molar-refractivity contribution in [3.63, 3.8) is 0 Å². The SMILES string of the molecule is C[Si](C)(C)C#Cc1cc(-c2cccnc2)c(-c2cccnc2)nc1N. The maximum atomic E-state index is 6.20. The highest BCUT2D eigenvalue weighted by Gasteiger charge is 2.14. The third-order valence-corrected chi connectivity index (χ3v) is 4.41. The van der Waals surface area contributed by atoms with Crippen LogP contribution in [0.25, 0.3) is 22.4 Å². The lowest BCUT2D eigenvalue weighted by atomic mass is 9.99. The molecule has 25 heavy (non-hydrogen) atoms. The van der Waals surface area contributed by atoms with Crippen LogP contribution < -0.4 is 5.73 Å². The molecule has 0 saturated heterocycles. The topological polar surface area (TPSA) is 64.7 Å². The monoisotopic (exact) mass is 344 g/mol. The quantitative estimate of drug-likeness (QED) is 0.563. The fourth-order valence-corrected chi connectivity index (χ4v) is 2.86. The van der Waals surface area contributed by atoms with Crippen LogP contribution in [-0.4, -0.2) is 23.0 Å². The van der Waals surface area contributed by atoms with Crippen molar-refractivity contribution in [3.05, 3.63) is 60.7 Å². The van der Waals surface area contributed by atoms with Crippen LogP contribution in [0.4, 0.5) is 5.82 Å². The van der Waals surface area contributed by atoms with E-state index in [9.17, 15) is 0 Å². The lowest BCUT2D eigenvalue weighted by molar-refractivity contribution is 1.27.